The molecule has 0 unspecified atom stereocenters. The molecule has 0 fully saturated rings. The van der Waals surface area contributed by atoms with Gasteiger partial charge < -0.3 is 0 Å². The molecule has 66 valence electrons. The third-order valence-electron chi connectivity index (χ3n) is 1.21. The Balaban J connectivity index is 3.89. The van der Waals surface area contributed by atoms with Crippen molar-refractivity contribution < 1.29 is 13.6 Å². The van der Waals surface area contributed by atoms with Gasteiger partial charge in [-0.15, -0.1) is 0 Å². The summed E-state index contributed by atoms with van der Waals surface area (Å²) in [5.74, 6) is -3.32. The molecule has 0 saturated carbocycles. The summed E-state index contributed by atoms with van der Waals surface area (Å²) in [6, 6.07) is 0. The van der Waals surface area contributed by atoms with Crippen molar-refractivity contribution >= 4 is 5.78 Å². The zero-order valence-corrected chi connectivity index (χ0v) is 7.16. The van der Waals surface area contributed by atoms with E-state index in [1.54, 1.807) is 13.8 Å². The molecule has 0 aliphatic heterocycles. The van der Waals surface area contributed by atoms with E-state index in [-0.39, 0.29) is 12.3 Å². The molecule has 11 heavy (non-hydrogen) atoms. The van der Waals surface area contributed by atoms with Crippen LogP contribution in [0.3, 0.4) is 0 Å². The summed E-state index contributed by atoms with van der Waals surface area (Å²) in [6.45, 7) is 4.62. The Bertz CT molecular complexity index is 141. The Kier molecular flexibility index (Phi) is 3.63. The van der Waals surface area contributed by atoms with Gasteiger partial charge in [-0.1, -0.05) is 13.8 Å². The Hall–Kier alpha value is -0.470. The average molecular weight is 164 g/mol. The summed E-state index contributed by atoms with van der Waals surface area (Å²) in [5, 5.41) is 0. The molecule has 0 aromatic heterocycles. The first-order valence-corrected chi connectivity index (χ1v) is 3.71. The fraction of sp³-hybridized carbons (Fsp3) is 0.875. The van der Waals surface area contributed by atoms with Gasteiger partial charge in [-0.05, 0) is 12.8 Å². The van der Waals surface area contributed by atoms with Gasteiger partial charge in [0.1, 0.15) is 5.78 Å². The van der Waals surface area contributed by atoms with E-state index < -0.39 is 18.1 Å². The van der Waals surface area contributed by atoms with Crippen molar-refractivity contribution in [2.45, 2.75) is 39.5 Å². The van der Waals surface area contributed by atoms with Crippen molar-refractivity contribution in [3.05, 3.63) is 0 Å². The molecule has 0 saturated heterocycles. The van der Waals surface area contributed by atoms with Crippen molar-refractivity contribution in [3.8, 4) is 0 Å². The topological polar surface area (TPSA) is 17.1 Å². The highest BCUT2D eigenvalue weighted by atomic mass is 19.3. The first-order valence-electron chi connectivity index (χ1n) is 3.71. The molecule has 0 radical (unpaired) electrons. The number of ketones is 1. The lowest BCUT2D eigenvalue weighted by molar-refractivity contribution is -0.125. The lowest BCUT2D eigenvalue weighted by Gasteiger charge is -2.16. The molecule has 0 spiro atoms. The Morgan fingerprint density at radius 1 is 1.45 bits per heavy atom. The van der Waals surface area contributed by atoms with Gasteiger partial charge in [-0.2, -0.15) is 0 Å². The highest BCUT2D eigenvalue weighted by Gasteiger charge is 2.31. The Morgan fingerprint density at radius 2 is 1.91 bits per heavy atom. The third-order valence-corrected chi connectivity index (χ3v) is 1.21. The molecule has 0 bridgehead atoms. The van der Waals surface area contributed by atoms with Crippen LogP contribution in [0.4, 0.5) is 8.78 Å². The smallest absolute Gasteiger partial charge is 0.255 e. The second kappa shape index (κ2) is 3.79. The maximum atomic E-state index is 12.7. The number of Topliss-reactive ketones (excluding diaryl/α,β-unsaturated/α-hetero) is 1. The van der Waals surface area contributed by atoms with Gasteiger partial charge in [0.2, 0.25) is 0 Å². The lowest BCUT2D eigenvalue weighted by atomic mass is 10.0. The number of halogens is 2. The highest BCUT2D eigenvalue weighted by Crippen LogP contribution is 2.26. The number of hydrogen-bond donors (Lipinski definition) is 0. The van der Waals surface area contributed by atoms with Crippen LogP contribution in [0.5, 0.6) is 0 Å². The second-order valence-electron chi connectivity index (χ2n) is 3.33. The largest absolute Gasteiger partial charge is 0.300 e. The predicted octanol–water partition coefficient (Wildman–Crippen LogP) is 2.65. The van der Waals surface area contributed by atoms with E-state index in [4.69, 9.17) is 0 Å². The van der Waals surface area contributed by atoms with E-state index in [9.17, 15) is 13.6 Å². The molecule has 0 heterocycles. The zero-order valence-electron chi connectivity index (χ0n) is 7.16. The summed E-state index contributed by atoms with van der Waals surface area (Å²) in [7, 11) is 0. The minimum Gasteiger partial charge on any atom is -0.300 e. The van der Waals surface area contributed by atoms with Crippen molar-refractivity contribution in [3.63, 3.8) is 0 Å². The molecule has 3 heteroatoms. The van der Waals surface area contributed by atoms with Crippen LogP contribution in [0.15, 0.2) is 0 Å². The molecule has 0 aromatic carbocycles. The number of carbonyl (C=O) groups is 1. The van der Waals surface area contributed by atoms with E-state index >= 15 is 0 Å². The summed E-state index contributed by atoms with van der Waals surface area (Å²) in [5.41, 5.74) is 0. The van der Waals surface area contributed by atoms with Crippen molar-refractivity contribution in [1.29, 1.82) is 0 Å². The number of hydrogen-bond acceptors (Lipinski definition) is 1. The summed E-state index contributed by atoms with van der Waals surface area (Å²) in [4.78, 5) is 10.4. The van der Waals surface area contributed by atoms with Crippen molar-refractivity contribution in [2.75, 3.05) is 0 Å². The molecule has 0 atom stereocenters. The molecule has 0 rings (SSSR count). The fourth-order valence-electron chi connectivity index (χ4n) is 1.03. The van der Waals surface area contributed by atoms with Crippen LogP contribution in [0.25, 0.3) is 0 Å². The summed E-state index contributed by atoms with van der Waals surface area (Å²) in [6.07, 6.45) is -0.822. The van der Waals surface area contributed by atoms with Gasteiger partial charge in [0, 0.05) is 6.42 Å². The first kappa shape index (κ1) is 10.5. The van der Waals surface area contributed by atoms with Crippen molar-refractivity contribution in [2.24, 2.45) is 5.92 Å². The van der Waals surface area contributed by atoms with Crippen LogP contribution in [0, 0.1) is 5.92 Å². The van der Waals surface area contributed by atoms with Gasteiger partial charge in [0.05, 0.1) is 6.42 Å². The Labute approximate surface area is 65.8 Å². The van der Waals surface area contributed by atoms with Gasteiger partial charge in [-0.3, -0.25) is 4.79 Å². The number of carbonyl (C=O) groups excluding carboxylic acids is 1. The monoisotopic (exact) mass is 164 g/mol. The van der Waals surface area contributed by atoms with Gasteiger partial charge in [0.25, 0.3) is 5.92 Å². The van der Waals surface area contributed by atoms with E-state index in [0.29, 0.717) is 0 Å². The van der Waals surface area contributed by atoms with Crippen LogP contribution >= 0.6 is 0 Å². The molecule has 1 nitrogen and oxygen atoms in total. The van der Waals surface area contributed by atoms with E-state index in [1.807, 2.05) is 0 Å². The van der Waals surface area contributed by atoms with Crippen molar-refractivity contribution in [1.82, 2.24) is 0 Å². The van der Waals surface area contributed by atoms with Gasteiger partial charge >= 0.3 is 0 Å². The maximum absolute atomic E-state index is 12.7. The van der Waals surface area contributed by atoms with Crippen LogP contribution in [-0.2, 0) is 4.79 Å². The Morgan fingerprint density at radius 3 is 2.18 bits per heavy atom. The standard InChI is InChI=1S/C8H14F2O/c1-6(2)4-8(9,10)5-7(3)11/h6H,4-5H2,1-3H3. The quantitative estimate of drug-likeness (QED) is 0.624. The normalized spacial score (nSPS) is 12.2. The van der Waals surface area contributed by atoms with Crippen LogP contribution < -0.4 is 0 Å². The minimum atomic E-state index is -2.81. The average Bonchev–Trinajstić information content (AvgIpc) is 1.53. The molecule has 0 aliphatic rings. The zero-order chi connectivity index (χ0) is 9.07. The van der Waals surface area contributed by atoms with Gasteiger partial charge in [0.15, 0.2) is 0 Å². The fourth-order valence-corrected chi connectivity index (χ4v) is 1.03. The molecule has 0 aliphatic carbocycles. The summed E-state index contributed by atoms with van der Waals surface area (Å²) < 4.78 is 25.4. The SMILES string of the molecule is CC(=O)CC(F)(F)CC(C)C. The van der Waals surface area contributed by atoms with E-state index in [0.717, 1.165) is 0 Å². The number of alkyl halides is 2. The lowest BCUT2D eigenvalue weighted by Crippen LogP contribution is -2.21. The van der Waals surface area contributed by atoms with E-state index in [1.165, 1.54) is 6.92 Å². The first-order chi connectivity index (χ1) is 4.83. The molecule has 0 N–H and O–H groups in total. The molecular formula is C8H14F2O. The van der Waals surface area contributed by atoms with Gasteiger partial charge in [-0.25, -0.2) is 8.78 Å². The minimum absolute atomic E-state index is 0.0654. The van der Waals surface area contributed by atoms with E-state index in [2.05, 4.69) is 0 Å². The molecule has 0 amide bonds. The van der Waals surface area contributed by atoms with Crippen LogP contribution in [0.2, 0.25) is 0 Å². The van der Waals surface area contributed by atoms with Crippen LogP contribution in [-0.4, -0.2) is 11.7 Å². The maximum Gasteiger partial charge on any atom is 0.255 e. The highest BCUT2D eigenvalue weighted by molar-refractivity contribution is 5.76. The number of rotatable bonds is 4. The predicted molar refractivity (Wildman–Crippen MR) is 39.7 cm³/mol. The molecular weight excluding hydrogens is 150 g/mol. The molecule has 0 aromatic rings. The second-order valence-corrected chi connectivity index (χ2v) is 3.33. The third kappa shape index (κ3) is 5.95. The van der Waals surface area contributed by atoms with Crippen LogP contribution in [0.1, 0.15) is 33.6 Å². The summed E-state index contributed by atoms with van der Waals surface area (Å²) >= 11 is 0.